The number of nitrogens with one attached hydrogen (secondary N) is 1. The Morgan fingerprint density at radius 1 is 1.55 bits per heavy atom. The van der Waals surface area contributed by atoms with E-state index in [1.54, 1.807) is 19.2 Å². The summed E-state index contributed by atoms with van der Waals surface area (Å²) in [4.78, 5) is 11.9. The van der Waals surface area contributed by atoms with Crippen LogP contribution >= 0.6 is 11.6 Å². The van der Waals surface area contributed by atoms with E-state index in [2.05, 4.69) is 15.6 Å². The van der Waals surface area contributed by atoms with Crippen molar-refractivity contribution in [1.29, 1.82) is 0 Å². The van der Waals surface area contributed by atoms with Gasteiger partial charge in [-0.25, -0.2) is 9.07 Å². The van der Waals surface area contributed by atoms with Gasteiger partial charge in [0.1, 0.15) is 5.69 Å². The molecular formula is C13H14ClFN4O2S. The summed E-state index contributed by atoms with van der Waals surface area (Å²) in [7, 11) is -1.03. The fraction of sp³-hybridized carbons (Fsp3) is 0.308. The van der Waals surface area contributed by atoms with Crippen molar-refractivity contribution >= 4 is 28.3 Å². The van der Waals surface area contributed by atoms with Crippen LogP contribution in [0.1, 0.15) is 17.4 Å². The summed E-state index contributed by atoms with van der Waals surface area (Å²) in [6, 6.07) is 4.46. The monoisotopic (exact) mass is 344 g/mol. The van der Waals surface area contributed by atoms with Gasteiger partial charge in [-0.2, -0.15) is 0 Å². The van der Waals surface area contributed by atoms with Gasteiger partial charge < -0.3 is 5.32 Å². The van der Waals surface area contributed by atoms with Gasteiger partial charge in [-0.1, -0.05) is 22.9 Å². The first-order chi connectivity index (χ1) is 10.4. The molecule has 6 nitrogen and oxygen atoms in total. The van der Waals surface area contributed by atoms with Crippen molar-refractivity contribution in [2.45, 2.75) is 12.2 Å². The smallest absolute Gasteiger partial charge is 0.273 e. The van der Waals surface area contributed by atoms with Gasteiger partial charge in [-0.3, -0.25) is 9.00 Å². The molecule has 1 heterocycles. The molecule has 0 aliphatic carbocycles. The normalized spacial score (nSPS) is 13.6. The third-order valence-corrected chi connectivity index (χ3v) is 4.61. The standard InChI is InChI=1S/C13H14ClFN4O2S/c1-8(22(2)21)6-16-13(20)10-7-19(18-17-10)11-5-3-4-9(14)12(11)15/h3-5,7-8H,6H2,1-2H3,(H,16,20). The van der Waals surface area contributed by atoms with Crippen molar-refractivity contribution in [1.82, 2.24) is 20.3 Å². The molecule has 1 N–H and O–H groups in total. The highest BCUT2D eigenvalue weighted by Crippen LogP contribution is 2.20. The lowest BCUT2D eigenvalue weighted by Crippen LogP contribution is -2.32. The van der Waals surface area contributed by atoms with E-state index >= 15 is 0 Å². The largest absolute Gasteiger partial charge is 0.349 e. The summed E-state index contributed by atoms with van der Waals surface area (Å²) in [6.45, 7) is 2.01. The molecule has 118 valence electrons. The molecule has 2 unspecified atom stereocenters. The molecule has 0 aliphatic rings. The van der Waals surface area contributed by atoms with Crippen LogP contribution in [0.25, 0.3) is 5.69 Å². The summed E-state index contributed by atoms with van der Waals surface area (Å²) in [5.74, 6) is -1.11. The Balaban J connectivity index is 2.13. The number of benzene rings is 1. The van der Waals surface area contributed by atoms with Crippen LogP contribution in [0.3, 0.4) is 0 Å². The molecule has 0 radical (unpaired) electrons. The van der Waals surface area contributed by atoms with Crippen molar-refractivity contribution in [2.75, 3.05) is 12.8 Å². The van der Waals surface area contributed by atoms with Crippen molar-refractivity contribution in [3.8, 4) is 5.69 Å². The highest BCUT2D eigenvalue weighted by Gasteiger charge is 2.16. The van der Waals surface area contributed by atoms with Crippen LogP contribution < -0.4 is 5.32 Å². The number of carbonyl (C=O) groups excluding carboxylic acids is 1. The predicted molar refractivity (Wildman–Crippen MR) is 82.2 cm³/mol. The van der Waals surface area contributed by atoms with Crippen LogP contribution in [0.4, 0.5) is 4.39 Å². The maximum atomic E-state index is 13.9. The first-order valence-corrected chi connectivity index (χ1v) is 8.37. The second-order valence-corrected chi connectivity index (χ2v) is 6.85. The quantitative estimate of drug-likeness (QED) is 0.893. The molecule has 2 atom stereocenters. The third kappa shape index (κ3) is 3.69. The Hall–Kier alpha value is -1.80. The van der Waals surface area contributed by atoms with Gasteiger partial charge in [0.2, 0.25) is 0 Å². The Bertz CT molecular complexity index is 722. The second kappa shape index (κ2) is 6.97. The Morgan fingerprint density at radius 3 is 2.95 bits per heavy atom. The zero-order chi connectivity index (χ0) is 16.3. The van der Waals surface area contributed by atoms with E-state index in [0.29, 0.717) is 0 Å². The van der Waals surface area contributed by atoms with Crippen molar-refractivity contribution in [3.63, 3.8) is 0 Å². The lowest BCUT2D eigenvalue weighted by Gasteiger charge is -2.08. The molecule has 0 saturated carbocycles. The maximum Gasteiger partial charge on any atom is 0.273 e. The predicted octanol–water partition coefficient (Wildman–Crippen LogP) is 1.56. The number of nitrogens with zero attached hydrogens (tertiary/aromatic N) is 3. The van der Waals surface area contributed by atoms with E-state index in [4.69, 9.17) is 11.6 Å². The number of hydrogen-bond acceptors (Lipinski definition) is 4. The van der Waals surface area contributed by atoms with Gasteiger partial charge in [0.05, 0.1) is 11.2 Å². The Kier molecular flexibility index (Phi) is 5.25. The minimum Gasteiger partial charge on any atom is -0.349 e. The highest BCUT2D eigenvalue weighted by atomic mass is 35.5. The number of aromatic nitrogens is 3. The zero-order valence-electron chi connectivity index (χ0n) is 11.9. The van der Waals surface area contributed by atoms with E-state index in [-0.39, 0.29) is 28.2 Å². The van der Waals surface area contributed by atoms with E-state index in [9.17, 15) is 13.4 Å². The average molecular weight is 345 g/mol. The molecule has 0 aliphatic heterocycles. The zero-order valence-corrected chi connectivity index (χ0v) is 13.5. The molecule has 0 saturated heterocycles. The lowest BCUT2D eigenvalue weighted by molar-refractivity contribution is 0.0949. The van der Waals surface area contributed by atoms with E-state index in [0.717, 1.165) is 4.68 Å². The van der Waals surface area contributed by atoms with Gasteiger partial charge in [0.25, 0.3) is 5.91 Å². The van der Waals surface area contributed by atoms with Gasteiger partial charge in [0, 0.05) is 28.9 Å². The SMILES string of the molecule is CC(CNC(=O)c1cn(-c2cccc(Cl)c2F)nn1)S(C)=O. The third-order valence-electron chi connectivity index (χ3n) is 3.02. The molecule has 1 aromatic carbocycles. The summed E-state index contributed by atoms with van der Waals surface area (Å²) in [5, 5.41) is 9.80. The molecular weight excluding hydrogens is 331 g/mol. The number of carbonyl (C=O) groups is 1. The van der Waals surface area contributed by atoms with E-state index < -0.39 is 22.5 Å². The second-order valence-electron chi connectivity index (χ2n) is 4.64. The number of amides is 1. The Labute approximate surface area is 134 Å². The number of rotatable bonds is 5. The summed E-state index contributed by atoms with van der Waals surface area (Å²) < 4.78 is 26.2. The molecule has 22 heavy (non-hydrogen) atoms. The van der Waals surface area contributed by atoms with Gasteiger partial charge in [-0.05, 0) is 19.1 Å². The fourth-order valence-corrected chi connectivity index (χ4v) is 2.09. The molecule has 0 bridgehead atoms. The minimum atomic E-state index is -1.03. The lowest BCUT2D eigenvalue weighted by atomic mass is 10.3. The Morgan fingerprint density at radius 2 is 2.27 bits per heavy atom. The maximum absolute atomic E-state index is 13.9. The van der Waals surface area contributed by atoms with Gasteiger partial charge in [-0.15, -0.1) is 5.10 Å². The van der Waals surface area contributed by atoms with Crippen LogP contribution in [0, 0.1) is 5.82 Å². The summed E-state index contributed by atoms with van der Waals surface area (Å²) >= 11 is 5.70. The molecule has 0 fully saturated rings. The van der Waals surface area contributed by atoms with Crippen LogP contribution in [-0.4, -0.2) is 43.2 Å². The molecule has 1 amide bonds. The average Bonchev–Trinajstić information content (AvgIpc) is 2.96. The van der Waals surface area contributed by atoms with Gasteiger partial charge >= 0.3 is 0 Å². The molecule has 0 spiro atoms. The first-order valence-electron chi connectivity index (χ1n) is 6.37. The van der Waals surface area contributed by atoms with Crippen LogP contribution in [0.15, 0.2) is 24.4 Å². The highest BCUT2D eigenvalue weighted by molar-refractivity contribution is 7.84. The van der Waals surface area contributed by atoms with Crippen molar-refractivity contribution in [3.05, 3.63) is 40.9 Å². The number of hydrogen-bond donors (Lipinski definition) is 1. The summed E-state index contributed by atoms with van der Waals surface area (Å²) in [6.07, 6.45) is 2.87. The van der Waals surface area contributed by atoms with E-state index in [1.165, 1.54) is 18.3 Å². The van der Waals surface area contributed by atoms with Crippen LogP contribution in [-0.2, 0) is 10.8 Å². The molecule has 1 aromatic heterocycles. The first kappa shape index (κ1) is 16.6. The fourth-order valence-electron chi connectivity index (χ4n) is 1.60. The topological polar surface area (TPSA) is 76.9 Å². The van der Waals surface area contributed by atoms with Crippen LogP contribution in [0.2, 0.25) is 5.02 Å². The van der Waals surface area contributed by atoms with Crippen molar-refractivity contribution in [2.24, 2.45) is 0 Å². The van der Waals surface area contributed by atoms with Crippen molar-refractivity contribution < 1.29 is 13.4 Å². The summed E-state index contributed by atoms with van der Waals surface area (Å²) in [5.41, 5.74) is 0.135. The molecule has 9 heteroatoms. The van der Waals surface area contributed by atoms with Crippen LogP contribution in [0.5, 0.6) is 0 Å². The van der Waals surface area contributed by atoms with E-state index in [1.807, 2.05) is 0 Å². The van der Waals surface area contributed by atoms with Gasteiger partial charge in [0.15, 0.2) is 11.5 Å². The molecule has 2 aromatic rings. The number of halogens is 2. The molecule has 2 rings (SSSR count). The minimum absolute atomic E-state index is 0.0356.